The summed E-state index contributed by atoms with van der Waals surface area (Å²) in [5.74, 6) is 0.00893. The zero-order valence-electron chi connectivity index (χ0n) is 11.8. The second-order valence-electron chi connectivity index (χ2n) is 5.70. The average molecular weight is 275 g/mol. The first-order valence-electron chi connectivity index (χ1n) is 7.13. The highest BCUT2D eigenvalue weighted by Gasteiger charge is 2.27. The van der Waals surface area contributed by atoms with Crippen molar-refractivity contribution in [3.63, 3.8) is 0 Å². The van der Waals surface area contributed by atoms with Crippen molar-refractivity contribution in [1.82, 2.24) is 0 Å². The highest BCUT2D eigenvalue weighted by atomic mass is 16.4. The number of rotatable bonds is 5. The van der Waals surface area contributed by atoms with Crippen molar-refractivity contribution in [2.45, 2.75) is 32.6 Å². The molecule has 4 heteroatoms. The summed E-state index contributed by atoms with van der Waals surface area (Å²) in [4.78, 5) is 24.8. The lowest BCUT2D eigenvalue weighted by Crippen LogP contribution is -2.36. The number of hydrogen-bond donors (Lipinski definition) is 1. The van der Waals surface area contributed by atoms with Crippen LogP contribution in [0.15, 0.2) is 30.3 Å². The summed E-state index contributed by atoms with van der Waals surface area (Å²) >= 11 is 0. The monoisotopic (exact) mass is 275 g/mol. The number of carboxylic acids is 1. The molecule has 1 aliphatic carbocycles. The van der Waals surface area contributed by atoms with E-state index in [-0.39, 0.29) is 12.5 Å². The molecule has 0 aromatic heterocycles. The molecule has 2 unspecified atom stereocenters. The van der Waals surface area contributed by atoms with Crippen LogP contribution in [0.25, 0.3) is 0 Å². The lowest BCUT2D eigenvalue weighted by Gasteiger charge is -2.22. The van der Waals surface area contributed by atoms with E-state index in [4.69, 9.17) is 5.11 Å². The van der Waals surface area contributed by atoms with Gasteiger partial charge in [-0.3, -0.25) is 9.59 Å². The smallest absolute Gasteiger partial charge is 0.323 e. The molecule has 4 nitrogen and oxygen atoms in total. The van der Waals surface area contributed by atoms with E-state index in [0.717, 1.165) is 12.8 Å². The molecule has 1 N–H and O–H groups in total. The van der Waals surface area contributed by atoms with E-state index >= 15 is 0 Å². The van der Waals surface area contributed by atoms with Gasteiger partial charge in [0.15, 0.2) is 0 Å². The predicted molar refractivity (Wildman–Crippen MR) is 77.6 cm³/mol. The third-order valence-corrected chi connectivity index (χ3v) is 3.93. The molecule has 108 valence electrons. The Balaban J connectivity index is 2.06. The summed E-state index contributed by atoms with van der Waals surface area (Å²) in [6.45, 7) is 1.93. The van der Waals surface area contributed by atoms with Crippen molar-refractivity contribution in [2.75, 3.05) is 11.4 Å². The number of para-hydroxylation sites is 1. The standard InChI is InChI=1S/C16H21NO3/c1-12-7-8-13(9-12)10-15(18)17(11-16(19)20)14-5-3-2-4-6-14/h2-6,12-13H,7-11H2,1H3,(H,19,20). The molecule has 0 heterocycles. The molecule has 0 saturated heterocycles. The first-order chi connectivity index (χ1) is 9.56. The van der Waals surface area contributed by atoms with Gasteiger partial charge in [0.1, 0.15) is 6.54 Å². The molecule has 1 aromatic rings. The SMILES string of the molecule is CC1CCC(CC(=O)N(CC(=O)O)c2ccccc2)C1. The first-order valence-corrected chi connectivity index (χ1v) is 7.13. The third kappa shape index (κ3) is 3.83. The molecule has 20 heavy (non-hydrogen) atoms. The predicted octanol–water partition coefficient (Wildman–Crippen LogP) is 2.93. The van der Waals surface area contributed by atoms with Crippen molar-refractivity contribution in [2.24, 2.45) is 11.8 Å². The molecule has 2 atom stereocenters. The lowest BCUT2D eigenvalue weighted by atomic mass is 10.0. The number of anilines is 1. The fraction of sp³-hybridized carbons (Fsp3) is 0.500. The number of carbonyl (C=O) groups is 2. The summed E-state index contributed by atoms with van der Waals surface area (Å²) in [5, 5.41) is 9.00. The normalized spacial score (nSPS) is 21.6. The van der Waals surface area contributed by atoms with Crippen LogP contribution in [0.4, 0.5) is 5.69 Å². The van der Waals surface area contributed by atoms with Crippen LogP contribution in [-0.2, 0) is 9.59 Å². The molecule has 0 aliphatic heterocycles. The zero-order valence-corrected chi connectivity index (χ0v) is 11.8. The van der Waals surface area contributed by atoms with Gasteiger partial charge in [0.2, 0.25) is 5.91 Å². The van der Waals surface area contributed by atoms with Crippen LogP contribution in [0.1, 0.15) is 32.6 Å². The highest BCUT2D eigenvalue weighted by molar-refractivity contribution is 5.97. The number of carboxylic acid groups (broad SMARTS) is 1. The Morgan fingerprint density at radius 3 is 2.50 bits per heavy atom. The zero-order chi connectivity index (χ0) is 14.5. The molecule has 1 fully saturated rings. The van der Waals surface area contributed by atoms with Crippen LogP contribution in [0, 0.1) is 11.8 Å². The maximum absolute atomic E-state index is 12.4. The van der Waals surface area contributed by atoms with Gasteiger partial charge in [0, 0.05) is 12.1 Å². The Morgan fingerprint density at radius 1 is 1.25 bits per heavy atom. The van der Waals surface area contributed by atoms with E-state index < -0.39 is 5.97 Å². The maximum Gasteiger partial charge on any atom is 0.323 e. The van der Waals surface area contributed by atoms with E-state index in [2.05, 4.69) is 6.92 Å². The van der Waals surface area contributed by atoms with Crippen LogP contribution in [-0.4, -0.2) is 23.5 Å². The topological polar surface area (TPSA) is 57.6 Å². The molecule has 2 rings (SSSR count). The summed E-state index contributed by atoms with van der Waals surface area (Å²) in [5.41, 5.74) is 0.658. The second-order valence-corrected chi connectivity index (χ2v) is 5.70. The fourth-order valence-electron chi connectivity index (χ4n) is 2.93. The average Bonchev–Trinajstić information content (AvgIpc) is 2.82. The number of carbonyl (C=O) groups excluding carboxylic acids is 1. The maximum atomic E-state index is 12.4. The molecule has 0 spiro atoms. The minimum absolute atomic E-state index is 0.0855. The molecule has 1 amide bonds. The Labute approximate surface area is 119 Å². The molecule has 1 aromatic carbocycles. The van der Waals surface area contributed by atoms with Crippen molar-refractivity contribution in [1.29, 1.82) is 0 Å². The molecule has 0 radical (unpaired) electrons. The minimum Gasteiger partial charge on any atom is -0.480 e. The van der Waals surface area contributed by atoms with Crippen LogP contribution >= 0.6 is 0 Å². The Bertz CT molecular complexity index is 472. The summed E-state index contributed by atoms with van der Waals surface area (Å²) in [6.07, 6.45) is 3.76. The van der Waals surface area contributed by atoms with Gasteiger partial charge < -0.3 is 10.0 Å². The first kappa shape index (κ1) is 14.6. The van der Waals surface area contributed by atoms with Gasteiger partial charge in [0.25, 0.3) is 0 Å². The fourth-order valence-corrected chi connectivity index (χ4v) is 2.93. The Kier molecular flexibility index (Phi) is 4.77. The summed E-state index contributed by atoms with van der Waals surface area (Å²) in [6, 6.07) is 9.03. The number of nitrogens with zero attached hydrogens (tertiary/aromatic N) is 1. The van der Waals surface area contributed by atoms with Gasteiger partial charge in [-0.1, -0.05) is 31.5 Å². The number of benzene rings is 1. The van der Waals surface area contributed by atoms with E-state index in [1.807, 2.05) is 18.2 Å². The van der Waals surface area contributed by atoms with Gasteiger partial charge in [-0.25, -0.2) is 0 Å². The van der Waals surface area contributed by atoms with Crippen LogP contribution in [0.5, 0.6) is 0 Å². The van der Waals surface area contributed by atoms with E-state index in [0.29, 0.717) is 23.9 Å². The minimum atomic E-state index is -0.984. The quantitative estimate of drug-likeness (QED) is 0.898. The van der Waals surface area contributed by atoms with Crippen LogP contribution in [0.3, 0.4) is 0 Å². The second kappa shape index (κ2) is 6.55. The van der Waals surface area contributed by atoms with Crippen molar-refractivity contribution >= 4 is 17.6 Å². The van der Waals surface area contributed by atoms with Crippen molar-refractivity contribution in [3.8, 4) is 0 Å². The Hall–Kier alpha value is -1.84. The number of amides is 1. The van der Waals surface area contributed by atoms with E-state index in [1.165, 1.54) is 11.3 Å². The number of aliphatic carboxylic acids is 1. The number of hydrogen-bond acceptors (Lipinski definition) is 2. The van der Waals surface area contributed by atoms with Crippen LogP contribution in [0.2, 0.25) is 0 Å². The molecule has 1 saturated carbocycles. The highest BCUT2D eigenvalue weighted by Crippen LogP contribution is 2.33. The third-order valence-electron chi connectivity index (χ3n) is 3.93. The molecule has 0 bridgehead atoms. The van der Waals surface area contributed by atoms with Gasteiger partial charge >= 0.3 is 5.97 Å². The van der Waals surface area contributed by atoms with Gasteiger partial charge in [-0.2, -0.15) is 0 Å². The molecular weight excluding hydrogens is 254 g/mol. The van der Waals surface area contributed by atoms with Crippen molar-refractivity contribution < 1.29 is 14.7 Å². The van der Waals surface area contributed by atoms with Gasteiger partial charge in [-0.05, 0) is 36.8 Å². The largest absolute Gasteiger partial charge is 0.480 e. The molecule has 1 aliphatic rings. The summed E-state index contributed by atoms with van der Waals surface area (Å²) < 4.78 is 0. The molecular formula is C16H21NO3. The van der Waals surface area contributed by atoms with Crippen LogP contribution < -0.4 is 4.90 Å². The van der Waals surface area contributed by atoms with E-state index in [9.17, 15) is 9.59 Å². The van der Waals surface area contributed by atoms with E-state index in [1.54, 1.807) is 12.1 Å². The van der Waals surface area contributed by atoms with Gasteiger partial charge in [0.05, 0.1) is 0 Å². The Morgan fingerprint density at radius 2 is 1.95 bits per heavy atom. The summed E-state index contributed by atoms with van der Waals surface area (Å²) in [7, 11) is 0. The lowest BCUT2D eigenvalue weighted by molar-refractivity contribution is -0.136. The van der Waals surface area contributed by atoms with Crippen molar-refractivity contribution in [3.05, 3.63) is 30.3 Å². The van der Waals surface area contributed by atoms with Gasteiger partial charge in [-0.15, -0.1) is 0 Å².